The highest BCUT2D eigenvalue weighted by Crippen LogP contribution is 2.34. The first kappa shape index (κ1) is 28.2. The number of amides is 1. The van der Waals surface area contributed by atoms with Crippen LogP contribution in [0, 0.1) is 6.92 Å². The summed E-state index contributed by atoms with van der Waals surface area (Å²) < 4.78 is 45.5. The highest BCUT2D eigenvalue weighted by atomic mass is 19.4. The normalized spacial score (nSPS) is 15.8. The van der Waals surface area contributed by atoms with Gasteiger partial charge in [-0.1, -0.05) is 0 Å². The molecule has 210 valence electrons. The lowest BCUT2D eigenvalue weighted by Crippen LogP contribution is -2.41. The Hall–Kier alpha value is -3.83. The molecule has 0 aliphatic carbocycles. The molecular formula is C27H33F3N6O3. The SMILES string of the molecule is Cc1nc(NC(C)c2cc(N)cc(C(F)(F)F)c2)c2cc(C3CCN(C(=O)OC(C)(C)C)CC3)c(=O)[nH]c2n1. The van der Waals surface area contributed by atoms with Crippen LogP contribution in [0.15, 0.2) is 29.1 Å². The minimum absolute atomic E-state index is 0.00143. The number of aromatic nitrogens is 3. The van der Waals surface area contributed by atoms with Gasteiger partial charge < -0.3 is 25.7 Å². The Kier molecular flexibility index (Phi) is 7.50. The van der Waals surface area contributed by atoms with Crippen molar-refractivity contribution in [1.82, 2.24) is 19.9 Å². The largest absolute Gasteiger partial charge is 0.444 e. The number of alkyl halides is 3. The van der Waals surface area contributed by atoms with E-state index in [-0.39, 0.29) is 23.3 Å². The third kappa shape index (κ3) is 6.61. The molecule has 0 bridgehead atoms. The molecule has 39 heavy (non-hydrogen) atoms. The molecule has 0 spiro atoms. The number of anilines is 2. The lowest BCUT2D eigenvalue weighted by molar-refractivity contribution is -0.137. The summed E-state index contributed by atoms with van der Waals surface area (Å²) in [6.45, 7) is 9.69. The van der Waals surface area contributed by atoms with Crippen LogP contribution in [0.3, 0.4) is 0 Å². The maximum Gasteiger partial charge on any atom is 0.416 e. The van der Waals surface area contributed by atoms with Crippen LogP contribution in [0.2, 0.25) is 0 Å². The molecule has 4 N–H and O–H groups in total. The van der Waals surface area contributed by atoms with Gasteiger partial charge in [-0.3, -0.25) is 4.79 Å². The van der Waals surface area contributed by atoms with Crippen LogP contribution in [-0.2, 0) is 10.9 Å². The summed E-state index contributed by atoms with van der Waals surface area (Å²) in [5.74, 6) is 0.658. The van der Waals surface area contributed by atoms with Gasteiger partial charge in [0.05, 0.1) is 17.0 Å². The minimum atomic E-state index is -4.53. The first-order valence-electron chi connectivity index (χ1n) is 12.7. The Morgan fingerprint density at radius 3 is 2.44 bits per heavy atom. The van der Waals surface area contributed by atoms with Crippen molar-refractivity contribution in [2.75, 3.05) is 24.1 Å². The number of nitrogen functional groups attached to an aromatic ring is 1. The Bertz CT molecular complexity index is 1440. The molecule has 1 aliphatic heterocycles. The summed E-state index contributed by atoms with van der Waals surface area (Å²) in [7, 11) is 0. The molecule has 3 aromatic rings. The van der Waals surface area contributed by atoms with Crippen LogP contribution in [0.5, 0.6) is 0 Å². The fourth-order valence-corrected chi connectivity index (χ4v) is 4.71. The summed E-state index contributed by atoms with van der Waals surface area (Å²) in [5.41, 5.74) is 5.25. The lowest BCUT2D eigenvalue weighted by Gasteiger charge is -2.33. The van der Waals surface area contributed by atoms with Crippen molar-refractivity contribution in [3.63, 3.8) is 0 Å². The average Bonchev–Trinajstić information content (AvgIpc) is 2.81. The number of aryl methyl sites for hydroxylation is 1. The van der Waals surface area contributed by atoms with E-state index in [2.05, 4.69) is 20.3 Å². The number of carbonyl (C=O) groups excluding carboxylic acids is 1. The number of piperidine rings is 1. The second-order valence-electron chi connectivity index (χ2n) is 10.9. The zero-order valence-electron chi connectivity index (χ0n) is 22.6. The van der Waals surface area contributed by atoms with E-state index in [0.29, 0.717) is 59.7 Å². The molecule has 1 fully saturated rings. The van der Waals surface area contributed by atoms with Crippen molar-refractivity contribution >= 4 is 28.6 Å². The number of ether oxygens (including phenoxy) is 1. The first-order chi connectivity index (χ1) is 18.1. The van der Waals surface area contributed by atoms with E-state index < -0.39 is 23.4 Å². The Labute approximate surface area is 224 Å². The number of halogens is 3. The number of nitrogens with one attached hydrogen (secondary N) is 2. The summed E-state index contributed by atoms with van der Waals surface area (Å²) in [4.78, 5) is 38.7. The van der Waals surface area contributed by atoms with E-state index in [1.807, 2.05) is 20.8 Å². The second kappa shape index (κ2) is 10.4. The fourth-order valence-electron chi connectivity index (χ4n) is 4.71. The van der Waals surface area contributed by atoms with Crippen LogP contribution in [-0.4, -0.2) is 44.6 Å². The molecule has 4 rings (SSSR count). The molecule has 1 aromatic carbocycles. The molecule has 3 heterocycles. The minimum Gasteiger partial charge on any atom is -0.444 e. The van der Waals surface area contributed by atoms with E-state index in [9.17, 15) is 22.8 Å². The topological polar surface area (TPSA) is 126 Å². The number of nitrogens with zero attached hydrogens (tertiary/aromatic N) is 3. The number of H-pyrrole nitrogens is 1. The van der Waals surface area contributed by atoms with Gasteiger partial charge >= 0.3 is 12.3 Å². The maximum atomic E-state index is 13.3. The molecule has 1 saturated heterocycles. The molecule has 0 radical (unpaired) electrons. The van der Waals surface area contributed by atoms with Gasteiger partial charge in [-0.25, -0.2) is 14.8 Å². The van der Waals surface area contributed by atoms with Crippen molar-refractivity contribution in [3.8, 4) is 0 Å². The smallest absolute Gasteiger partial charge is 0.416 e. The van der Waals surface area contributed by atoms with Gasteiger partial charge in [0.25, 0.3) is 5.56 Å². The van der Waals surface area contributed by atoms with Crippen molar-refractivity contribution < 1.29 is 22.7 Å². The predicted molar refractivity (Wildman–Crippen MR) is 143 cm³/mol. The summed E-state index contributed by atoms with van der Waals surface area (Å²) in [5, 5.41) is 3.71. The highest BCUT2D eigenvalue weighted by molar-refractivity contribution is 5.87. The number of likely N-dealkylation sites (tertiary alicyclic amines) is 1. The maximum absolute atomic E-state index is 13.3. The van der Waals surface area contributed by atoms with Crippen LogP contribution < -0.4 is 16.6 Å². The lowest BCUT2D eigenvalue weighted by atomic mass is 9.90. The van der Waals surface area contributed by atoms with E-state index in [1.54, 1.807) is 24.8 Å². The molecule has 9 nitrogen and oxygen atoms in total. The van der Waals surface area contributed by atoms with E-state index in [4.69, 9.17) is 10.5 Å². The average molecular weight is 547 g/mol. The van der Waals surface area contributed by atoms with Crippen LogP contribution in [0.25, 0.3) is 11.0 Å². The van der Waals surface area contributed by atoms with E-state index in [1.165, 1.54) is 6.07 Å². The number of hydrogen-bond donors (Lipinski definition) is 3. The second-order valence-corrected chi connectivity index (χ2v) is 10.9. The van der Waals surface area contributed by atoms with Gasteiger partial charge in [0, 0.05) is 24.3 Å². The van der Waals surface area contributed by atoms with Crippen LogP contribution in [0.4, 0.5) is 29.5 Å². The first-order valence-corrected chi connectivity index (χ1v) is 12.7. The van der Waals surface area contributed by atoms with Gasteiger partial charge in [0.2, 0.25) is 0 Å². The van der Waals surface area contributed by atoms with Gasteiger partial charge in [0.1, 0.15) is 22.9 Å². The molecule has 0 saturated carbocycles. The van der Waals surface area contributed by atoms with Crippen molar-refractivity contribution in [2.24, 2.45) is 0 Å². The van der Waals surface area contributed by atoms with Gasteiger partial charge in [-0.2, -0.15) is 13.2 Å². The number of hydrogen-bond acceptors (Lipinski definition) is 7. The quantitative estimate of drug-likeness (QED) is 0.368. The number of pyridine rings is 1. The molecule has 1 amide bonds. The number of rotatable bonds is 4. The Balaban J connectivity index is 1.61. The number of fused-ring (bicyclic) bond motifs is 1. The monoisotopic (exact) mass is 546 g/mol. The summed E-state index contributed by atoms with van der Waals surface area (Å²) in [6, 6.07) is 4.58. The summed E-state index contributed by atoms with van der Waals surface area (Å²) >= 11 is 0. The third-order valence-electron chi connectivity index (χ3n) is 6.60. The zero-order chi connectivity index (χ0) is 28.7. The molecule has 1 atom stereocenters. The predicted octanol–water partition coefficient (Wildman–Crippen LogP) is 5.52. The third-order valence-corrected chi connectivity index (χ3v) is 6.60. The zero-order valence-corrected chi connectivity index (χ0v) is 22.6. The molecule has 1 aliphatic rings. The molecule has 2 aromatic heterocycles. The number of nitrogens with two attached hydrogens (primary N) is 1. The number of benzene rings is 1. The van der Waals surface area contributed by atoms with Crippen molar-refractivity contribution in [2.45, 2.75) is 71.2 Å². The molecule has 1 unspecified atom stereocenters. The van der Waals surface area contributed by atoms with E-state index in [0.717, 1.165) is 12.1 Å². The Morgan fingerprint density at radius 1 is 1.15 bits per heavy atom. The van der Waals surface area contributed by atoms with Crippen molar-refractivity contribution in [3.05, 3.63) is 57.1 Å². The fraction of sp³-hybridized carbons (Fsp3) is 0.481. The molecular weight excluding hydrogens is 513 g/mol. The van der Waals surface area contributed by atoms with Crippen LogP contribution in [0.1, 0.15) is 75.0 Å². The van der Waals surface area contributed by atoms with Gasteiger partial charge in [-0.15, -0.1) is 0 Å². The number of aromatic amines is 1. The highest BCUT2D eigenvalue weighted by Gasteiger charge is 2.32. The van der Waals surface area contributed by atoms with Crippen LogP contribution >= 0.6 is 0 Å². The van der Waals surface area contributed by atoms with Gasteiger partial charge in [-0.05, 0) is 83.2 Å². The number of carbonyl (C=O) groups is 1. The summed E-state index contributed by atoms with van der Waals surface area (Å²) in [6.07, 6.45) is -3.77. The van der Waals surface area contributed by atoms with E-state index >= 15 is 0 Å². The van der Waals surface area contributed by atoms with Crippen molar-refractivity contribution in [1.29, 1.82) is 0 Å². The molecule has 12 heteroatoms. The Morgan fingerprint density at radius 2 is 1.82 bits per heavy atom. The van der Waals surface area contributed by atoms with Gasteiger partial charge in [0.15, 0.2) is 0 Å². The standard InChI is InChI=1S/C27H33F3N6O3/c1-14(17-10-18(27(28,29)30)12-19(31)11-17)32-22-21-13-20(24(37)35-23(21)34-15(2)33-22)16-6-8-36(9-7-16)25(38)39-26(3,4)5/h10-14,16H,6-9,31H2,1-5H3,(H2,32,33,34,35,37).